The summed E-state index contributed by atoms with van der Waals surface area (Å²) < 4.78 is 5.29. The molecule has 2 nitrogen and oxygen atoms in total. The third-order valence-corrected chi connectivity index (χ3v) is 4.10. The molecule has 0 unspecified atom stereocenters. The molecule has 0 heterocycles. The van der Waals surface area contributed by atoms with E-state index in [9.17, 15) is 0 Å². The highest BCUT2D eigenvalue weighted by molar-refractivity contribution is 5.63. The van der Waals surface area contributed by atoms with Gasteiger partial charge in [0.15, 0.2) is 0 Å². The fraction of sp³-hybridized carbons (Fsp3) is 0.182. The van der Waals surface area contributed by atoms with Crippen LogP contribution in [0, 0.1) is 0 Å². The molecule has 3 aromatic carbocycles. The minimum atomic E-state index is 0.900. The average molecular weight is 317 g/mol. The Kier molecular flexibility index (Phi) is 5.29. The van der Waals surface area contributed by atoms with Gasteiger partial charge >= 0.3 is 0 Å². The van der Waals surface area contributed by atoms with Crippen molar-refractivity contribution in [1.29, 1.82) is 0 Å². The van der Waals surface area contributed by atoms with Crippen molar-refractivity contribution >= 4 is 0 Å². The van der Waals surface area contributed by atoms with Gasteiger partial charge in [-0.25, -0.2) is 0 Å². The number of methoxy groups -OCH3 is 1. The molecule has 0 aromatic heterocycles. The van der Waals surface area contributed by atoms with E-state index >= 15 is 0 Å². The SMILES string of the molecule is COc1cccc(CN(C)Cc2ccc(-c3ccccc3)cc2)c1. The monoisotopic (exact) mass is 317 g/mol. The molecule has 0 aliphatic rings. The van der Waals surface area contributed by atoms with E-state index in [1.54, 1.807) is 7.11 Å². The molecule has 2 heteroatoms. The molecule has 24 heavy (non-hydrogen) atoms. The molecule has 0 saturated heterocycles. The van der Waals surface area contributed by atoms with E-state index in [-0.39, 0.29) is 0 Å². The van der Waals surface area contributed by atoms with Gasteiger partial charge in [0.25, 0.3) is 0 Å². The molecule has 0 aliphatic carbocycles. The summed E-state index contributed by atoms with van der Waals surface area (Å²) in [6.07, 6.45) is 0. The minimum Gasteiger partial charge on any atom is -0.497 e. The van der Waals surface area contributed by atoms with Crippen molar-refractivity contribution < 1.29 is 4.74 Å². The second kappa shape index (κ2) is 7.80. The quantitative estimate of drug-likeness (QED) is 0.635. The van der Waals surface area contributed by atoms with Crippen molar-refractivity contribution in [3.63, 3.8) is 0 Å². The van der Waals surface area contributed by atoms with Gasteiger partial charge in [0.1, 0.15) is 5.75 Å². The topological polar surface area (TPSA) is 12.5 Å². The van der Waals surface area contributed by atoms with E-state index in [2.05, 4.69) is 72.6 Å². The molecule has 122 valence electrons. The van der Waals surface area contributed by atoms with Crippen molar-refractivity contribution in [2.75, 3.05) is 14.2 Å². The fourth-order valence-electron chi connectivity index (χ4n) is 2.88. The van der Waals surface area contributed by atoms with Gasteiger partial charge < -0.3 is 4.74 Å². The predicted octanol–water partition coefficient (Wildman–Crippen LogP) is 4.99. The number of benzene rings is 3. The van der Waals surface area contributed by atoms with Gasteiger partial charge in [0, 0.05) is 13.1 Å². The molecule has 0 fully saturated rings. The Morgan fingerprint density at radius 2 is 1.38 bits per heavy atom. The summed E-state index contributed by atoms with van der Waals surface area (Å²) in [4.78, 5) is 2.31. The first kappa shape index (κ1) is 16.3. The standard InChI is InChI=1S/C22H23NO/c1-23(17-19-7-6-10-22(15-19)24-2)16-18-11-13-21(14-12-18)20-8-4-3-5-9-20/h3-15H,16-17H2,1-2H3. The van der Waals surface area contributed by atoms with Crippen molar-refractivity contribution in [2.24, 2.45) is 0 Å². The van der Waals surface area contributed by atoms with Crippen LogP contribution < -0.4 is 4.74 Å². The molecule has 0 saturated carbocycles. The van der Waals surface area contributed by atoms with Crippen LogP contribution in [0.5, 0.6) is 5.75 Å². The molecule has 0 atom stereocenters. The third kappa shape index (κ3) is 4.24. The lowest BCUT2D eigenvalue weighted by atomic mass is 10.0. The Morgan fingerprint density at radius 3 is 2.08 bits per heavy atom. The zero-order valence-corrected chi connectivity index (χ0v) is 14.3. The smallest absolute Gasteiger partial charge is 0.119 e. The van der Waals surface area contributed by atoms with Crippen LogP contribution >= 0.6 is 0 Å². The molecule has 0 aliphatic heterocycles. The van der Waals surface area contributed by atoms with E-state index in [0.717, 1.165) is 18.8 Å². The summed E-state index contributed by atoms with van der Waals surface area (Å²) in [6.45, 7) is 1.82. The van der Waals surface area contributed by atoms with Gasteiger partial charge in [-0.15, -0.1) is 0 Å². The number of hydrogen-bond acceptors (Lipinski definition) is 2. The number of rotatable bonds is 6. The maximum absolute atomic E-state index is 5.29. The van der Waals surface area contributed by atoms with Crippen molar-refractivity contribution in [1.82, 2.24) is 4.90 Å². The molecular formula is C22H23NO. The second-order valence-electron chi connectivity index (χ2n) is 6.09. The highest BCUT2D eigenvalue weighted by Crippen LogP contribution is 2.20. The van der Waals surface area contributed by atoms with Crippen molar-refractivity contribution in [3.8, 4) is 16.9 Å². The van der Waals surface area contributed by atoms with E-state index in [4.69, 9.17) is 4.74 Å². The zero-order valence-electron chi connectivity index (χ0n) is 14.3. The average Bonchev–Trinajstić information content (AvgIpc) is 2.63. The third-order valence-electron chi connectivity index (χ3n) is 4.10. The second-order valence-corrected chi connectivity index (χ2v) is 6.09. The van der Waals surface area contributed by atoms with E-state index in [0.29, 0.717) is 0 Å². The lowest BCUT2D eigenvalue weighted by Crippen LogP contribution is -2.17. The Balaban J connectivity index is 1.63. The molecular weight excluding hydrogens is 294 g/mol. The molecule has 0 radical (unpaired) electrons. The van der Waals surface area contributed by atoms with E-state index in [1.807, 2.05) is 18.2 Å². The van der Waals surface area contributed by atoms with Crippen LogP contribution in [-0.4, -0.2) is 19.1 Å². The first-order valence-electron chi connectivity index (χ1n) is 8.20. The van der Waals surface area contributed by atoms with Gasteiger partial charge in [0.05, 0.1) is 7.11 Å². The highest BCUT2D eigenvalue weighted by Gasteiger charge is 2.04. The normalized spacial score (nSPS) is 10.8. The lowest BCUT2D eigenvalue weighted by molar-refractivity contribution is 0.318. The Morgan fingerprint density at radius 1 is 0.708 bits per heavy atom. The number of ether oxygens (including phenoxy) is 1. The van der Waals surface area contributed by atoms with Crippen LogP contribution in [0.15, 0.2) is 78.9 Å². The molecule has 0 N–H and O–H groups in total. The molecule has 0 bridgehead atoms. The van der Waals surface area contributed by atoms with Crippen LogP contribution in [0.4, 0.5) is 0 Å². The number of hydrogen-bond donors (Lipinski definition) is 0. The first-order valence-corrected chi connectivity index (χ1v) is 8.20. The Hall–Kier alpha value is -2.58. The largest absolute Gasteiger partial charge is 0.497 e. The van der Waals surface area contributed by atoms with Crippen LogP contribution in [-0.2, 0) is 13.1 Å². The molecule has 3 aromatic rings. The zero-order chi connectivity index (χ0) is 16.8. The Bertz CT molecular complexity index is 765. The van der Waals surface area contributed by atoms with Crippen LogP contribution in [0.3, 0.4) is 0 Å². The molecule has 3 rings (SSSR count). The van der Waals surface area contributed by atoms with Gasteiger partial charge in [-0.2, -0.15) is 0 Å². The van der Waals surface area contributed by atoms with Crippen molar-refractivity contribution in [3.05, 3.63) is 90.0 Å². The van der Waals surface area contributed by atoms with Gasteiger partial charge in [-0.05, 0) is 41.4 Å². The predicted molar refractivity (Wildman–Crippen MR) is 100 cm³/mol. The lowest BCUT2D eigenvalue weighted by Gasteiger charge is -2.17. The summed E-state index contributed by atoms with van der Waals surface area (Å²) in [7, 11) is 3.85. The van der Waals surface area contributed by atoms with Crippen molar-refractivity contribution in [2.45, 2.75) is 13.1 Å². The molecule has 0 spiro atoms. The summed E-state index contributed by atoms with van der Waals surface area (Å²) in [5, 5.41) is 0. The van der Waals surface area contributed by atoms with Gasteiger partial charge in [0.2, 0.25) is 0 Å². The van der Waals surface area contributed by atoms with Crippen LogP contribution in [0.1, 0.15) is 11.1 Å². The summed E-state index contributed by atoms with van der Waals surface area (Å²) in [5.74, 6) is 0.910. The molecule has 0 amide bonds. The van der Waals surface area contributed by atoms with E-state index in [1.165, 1.54) is 22.3 Å². The maximum atomic E-state index is 5.29. The first-order chi connectivity index (χ1) is 11.7. The van der Waals surface area contributed by atoms with Crippen LogP contribution in [0.2, 0.25) is 0 Å². The maximum Gasteiger partial charge on any atom is 0.119 e. The summed E-state index contributed by atoms with van der Waals surface area (Å²) >= 11 is 0. The Labute approximate surface area is 144 Å². The van der Waals surface area contributed by atoms with E-state index < -0.39 is 0 Å². The van der Waals surface area contributed by atoms with Gasteiger partial charge in [-0.3, -0.25) is 4.90 Å². The highest BCUT2D eigenvalue weighted by atomic mass is 16.5. The summed E-state index contributed by atoms with van der Waals surface area (Å²) in [6, 6.07) is 27.5. The minimum absolute atomic E-state index is 0.900. The number of nitrogens with zero attached hydrogens (tertiary/aromatic N) is 1. The van der Waals surface area contributed by atoms with Crippen LogP contribution in [0.25, 0.3) is 11.1 Å². The fourth-order valence-corrected chi connectivity index (χ4v) is 2.88. The summed E-state index contributed by atoms with van der Waals surface area (Å²) in [5.41, 5.74) is 5.10. The van der Waals surface area contributed by atoms with Gasteiger partial charge in [-0.1, -0.05) is 66.7 Å².